The van der Waals surface area contributed by atoms with Crippen molar-refractivity contribution in [2.75, 3.05) is 0 Å². The van der Waals surface area contributed by atoms with Crippen LogP contribution in [0.25, 0.3) is 0 Å². The fourth-order valence-electron chi connectivity index (χ4n) is 1.92. The minimum Gasteiger partial charge on any atom is -0.481 e. The molecule has 0 unspecified atom stereocenters. The lowest BCUT2D eigenvalue weighted by molar-refractivity contribution is -0.137. The molecular weight excluding hydrogens is 218 g/mol. The van der Waals surface area contributed by atoms with Gasteiger partial charge in [0.1, 0.15) is 0 Å². The number of nitrogens with zero attached hydrogens (tertiary/aromatic N) is 3. The number of aryl methyl sites for hydroxylation is 2. The number of hydrogen-bond acceptors (Lipinski definition) is 3. The average Bonchev–Trinajstić information content (AvgIpc) is 2.58. The van der Waals surface area contributed by atoms with Gasteiger partial charge in [0.05, 0.1) is 11.4 Å². The molecule has 0 aliphatic carbocycles. The highest BCUT2D eigenvalue weighted by atomic mass is 16.4. The first-order chi connectivity index (χ1) is 8.11. The Bertz CT molecular complexity index is 341. The summed E-state index contributed by atoms with van der Waals surface area (Å²) in [4.78, 5) is 10.3. The lowest BCUT2D eigenvalue weighted by atomic mass is 10.1. The van der Waals surface area contributed by atoms with Crippen molar-refractivity contribution in [1.82, 2.24) is 15.0 Å². The molecule has 0 fully saturated rings. The van der Waals surface area contributed by atoms with Crippen LogP contribution in [0, 0.1) is 6.92 Å². The van der Waals surface area contributed by atoms with E-state index in [-0.39, 0.29) is 0 Å². The Kier molecular flexibility index (Phi) is 5.66. The molecule has 0 saturated heterocycles. The van der Waals surface area contributed by atoms with Crippen molar-refractivity contribution in [2.45, 2.75) is 51.9 Å². The molecule has 1 N–H and O–H groups in total. The van der Waals surface area contributed by atoms with Crippen molar-refractivity contribution in [3.05, 3.63) is 11.4 Å². The van der Waals surface area contributed by atoms with Crippen LogP contribution in [-0.2, 0) is 18.3 Å². The molecule has 5 heteroatoms. The van der Waals surface area contributed by atoms with Gasteiger partial charge in [-0.2, -0.15) is 0 Å². The van der Waals surface area contributed by atoms with Crippen LogP contribution in [0.2, 0.25) is 0 Å². The quantitative estimate of drug-likeness (QED) is 0.705. The first-order valence-electron chi connectivity index (χ1n) is 6.18. The van der Waals surface area contributed by atoms with Crippen molar-refractivity contribution >= 4 is 5.97 Å². The van der Waals surface area contributed by atoms with E-state index >= 15 is 0 Å². The van der Waals surface area contributed by atoms with Crippen LogP contribution in [-0.4, -0.2) is 26.1 Å². The molecule has 0 aliphatic heterocycles. The minimum atomic E-state index is -0.693. The number of carboxylic acids is 1. The standard InChI is InChI=1S/C12H21N3O2/c1-10-11(15(2)14-13-10)8-6-4-3-5-7-9-12(16)17/h3-9H2,1-2H3,(H,16,17). The molecule has 0 aromatic carbocycles. The van der Waals surface area contributed by atoms with Crippen molar-refractivity contribution in [3.63, 3.8) is 0 Å². The number of aromatic nitrogens is 3. The summed E-state index contributed by atoms with van der Waals surface area (Å²) in [5.74, 6) is -0.693. The molecule has 0 radical (unpaired) electrons. The number of unbranched alkanes of at least 4 members (excludes halogenated alkanes) is 4. The molecule has 1 heterocycles. The van der Waals surface area contributed by atoms with Gasteiger partial charge in [-0.3, -0.25) is 9.48 Å². The lowest BCUT2D eigenvalue weighted by Crippen LogP contribution is -1.99. The van der Waals surface area contributed by atoms with Crippen LogP contribution < -0.4 is 0 Å². The average molecular weight is 239 g/mol. The highest BCUT2D eigenvalue weighted by molar-refractivity contribution is 5.66. The zero-order chi connectivity index (χ0) is 12.7. The molecule has 17 heavy (non-hydrogen) atoms. The zero-order valence-corrected chi connectivity index (χ0v) is 10.6. The summed E-state index contributed by atoms with van der Waals surface area (Å²) in [6.07, 6.45) is 6.48. The van der Waals surface area contributed by atoms with Crippen molar-refractivity contribution in [1.29, 1.82) is 0 Å². The first kappa shape index (κ1) is 13.7. The van der Waals surface area contributed by atoms with Gasteiger partial charge in [0.15, 0.2) is 0 Å². The zero-order valence-electron chi connectivity index (χ0n) is 10.6. The molecule has 5 nitrogen and oxygen atoms in total. The van der Waals surface area contributed by atoms with Crippen LogP contribution in [0.5, 0.6) is 0 Å². The molecule has 1 rings (SSSR count). The van der Waals surface area contributed by atoms with E-state index in [1.54, 1.807) is 0 Å². The Hall–Kier alpha value is -1.39. The normalized spacial score (nSPS) is 10.7. The highest BCUT2D eigenvalue weighted by Gasteiger charge is 2.05. The Morgan fingerprint density at radius 3 is 2.47 bits per heavy atom. The molecule has 0 spiro atoms. The molecule has 1 aromatic rings. The van der Waals surface area contributed by atoms with Gasteiger partial charge >= 0.3 is 5.97 Å². The predicted molar refractivity (Wildman–Crippen MR) is 64.8 cm³/mol. The molecule has 0 atom stereocenters. The van der Waals surface area contributed by atoms with E-state index in [0.717, 1.165) is 44.2 Å². The summed E-state index contributed by atoms with van der Waals surface area (Å²) in [6, 6.07) is 0. The van der Waals surface area contributed by atoms with Crippen LogP contribution in [0.4, 0.5) is 0 Å². The van der Waals surface area contributed by atoms with Gasteiger partial charge in [-0.15, -0.1) is 5.10 Å². The fraction of sp³-hybridized carbons (Fsp3) is 0.750. The number of hydrogen-bond donors (Lipinski definition) is 1. The Balaban J connectivity index is 2.07. The third-order valence-electron chi connectivity index (χ3n) is 2.94. The van der Waals surface area contributed by atoms with E-state index in [2.05, 4.69) is 10.3 Å². The smallest absolute Gasteiger partial charge is 0.303 e. The third kappa shape index (κ3) is 4.97. The maximum atomic E-state index is 10.3. The monoisotopic (exact) mass is 239 g/mol. The van der Waals surface area contributed by atoms with Crippen molar-refractivity contribution < 1.29 is 9.90 Å². The summed E-state index contributed by atoms with van der Waals surface area (Å²) >= 11 is 0. The molecule has 1 aromatic heterocycles. The maximum Gasteiger partial charge on any atom is 0.303 e. The second-order valence-electron chi connectivity index (χ2n) is 4.41. The number of carboxylic acid groups (broad SMARTS) is 1. The van der Waals surface area contributed by atoms with Gasteiger partial charge in [0.2, 0.25) is 0 Å². The van der Waals surface area contributed by atoms with Gasteiger partial charge in [-0.25, -0.2) is 0 Å². The topological polar surface area (TPSA) is 68.0 Å². The van der Waals surface area contributed by atoms with Gasteiger partial charge in [-0.05, 0) is 26.2 Å². The second kappa shape index (κ2) is 7.04. The maximum absolute atomic E-state index is 10.3. The SMILES string of the molecule is Cc1nnn(C)c1CCCCCCCC(=O)O. The van der Waals surface area contributed by atoms with Crippen LogP contribution >= 0.6 is 0 Å². The summed E-state index contributed by atoms with van der Waals surface area (Å²) in [6.45, 7) is 1.98. The van der Waals surface area contributed by atoms with E-state index in [0.29, 0.717) is 6.42 Å². The fourth-order valence-corrected chi connectivity index (χ4v) is 1.92. The van der Waals surface area contributed by atoms with Gasteiger partial charge in [0.25, 0.3) is 0 Å². The predicted octanol–water partition coefficient (Wildman–Crippen LogP) is 2.09. The number of aliphatic carboxylic acids is 1. The molecular formula is C12H21N3O2. The molecule has 96 valence electrons. The van der Waals surface area contributed by atoms with Gasteiger partial charge < -0.3 is 5.11 Å². The summed E-state index contributed by atoms with van der Waals surface area (Å²) in [5.41, 5.74) is 2.22. The Labute approximate surface area is 102 Å². The van der Waals surface area contributed by atoms with Crippen molar-refractivity contribution in [2.24, 2.45) is 7.05 Å². The minimum absolute atomic E-state index is 0.296. The van der Waals surface area contributed by atoms with Crippen LogP contribution in [0.1, 0.15) is 49.9 Å². The van der Waals surface area contributed by atoms with E-state index in [9.17, 15) is 4.79 Å². The summed E-state index contributed by atoms with van der Waals surface area (Å²) in [7, 11) is 1.92. The van der Waals surface area contributed by atoms with Crippen LogP contribution in [0.15, 0.2) is 0 Å². The van der Waals surface area contributed by atoms with Gasteiger partial charge in [-0.1, -0.05) is 24.5 Å². The number of rotatable bonds is 8. The summed E-state index contributed by atoms with van der Waals surface area (Å²) in [5, 5.41) is 16.5. The number of carbonyl (C=O) groups is 1. The van der Waals surface area contributed by atoms with Crippen molar-refractivity contribution in [3.8, 4) is 0 Å². The molecule has 0 saturated carbocycles. The van der Waals surface area contributed by atoms with Crippen LogP contribution in [0.3, 0.4) is 0 Å². The third-order valence-corrected chi connectivity index (χ3v) is 2.94. The van der Waals surface area contributed by atoms with E-state index in [1.165, 1.54) is 5.69 Å². The second-order valence-corrected chi connectivity index (χ2v) is 4.41. The molecule has 0 aliphatic rings. The van der Waals surface area contributed by atoms with Gasteiger partial charge in [0, 0.05) is 13.5 Å². The van der Waals surface area contributed by atoms with E-state index in [1.807, 2.05) is 18.7 Å². The van der Waals surface area contributed by atoms with E-state index < -0.39 is 5.97 Å². The molecule has 0 amide bonds. The summed E-state index contributed by atoms with van der Waals surface area (Å²) < 4.78 is 1.83. The highest BCUT2D eigenvalue weighted by Crippen LogP contribution is 2.11. The van der Waals surface area contributed by atoms with E-state index in [4.69, 9.17) is 5.11 Å². The lowest BCUT2D eigenvalue weighted by Gasteiger charge is -2.02. The first-order valence-corrected chi connectivity index (χ1v) is 6.18. The Morgan fingerprint density at radius 1 is 1.24 bits per heavy atom. The molecule has 0 bridgehead atoms. The Morgan fingerprint density at radius 2 is 1.88 bits per heavy atom. The largest absolute Gasteiger partial charge is 0.481 e.